The molecule has 0 spiro atoms. The Hall–Kier alpha value is -5.96. The number of likely N-dealkylation sites (N-methyl/N-ethyl adjacent to an activating group) is 2. The standard InChI is InChI=1S/C50H66N14O6.2ClH/c1-29(51-3)45(65)55-39(49(69)61-23-11-21-41(61)47(67)53-35-19-9-15-31-13-5-7-17-33(31)35)27-37-43-44-38(58-60-64(44)26-25-63(43)59-57-37)28-40(56-46(66)30(2)52-4)50(70)62-24-12-22-42(62)48(68)54-36-20-10-16-32-14-6-8-18-34(32)36;;/h5-8,13-14,17-18,29-30,35-36,39-42,51-52H,9-12,15-16,19-28H2,1-4H3,(H,53,67)(H,54,68)(H,55,65)(H,56,66);2*1H/t29-,30-,35+,36?,39-,40-,41-,42-;;/m0../s1. The summed E-state index contributed by atoms with van der Waals surface area (Å²) in [5, 5.41) is 36.4. The van der Waals surface area contributed by atoms with Crippen LogP contribution in [0.4, 0.5) is 0 Å². The molecule has 6 N–H and O–H groups in total. The molecule has 388 valence electrons. The lowest BCUT2D eigenvalue weighted by Gasteiger charge is -2.32. The maximum atomic E-state index is 14.8. The maximum absolute atomic E-state index is 14.8. The zero-order valence-electron chi connectivity index (χ0n) is 41.4. The lowest BCUT2D eigenvalue weighted by molar-refractivity contribution is -0.141. The molecule has 0 saturated carbocycles. The number of hydrogen-bond donors (Lipinski definition) is 6. The molecule has 8 atom stereocenters. The van der Waals surface area contributed by atoms with Crippen molar-refractivity contribution < 1.29 is 28.8 Å². The molecule has 2 saturated heterocycles. The fourth-order valence-corrected chi connectivity index (χ4v) is 11.0. The van der Waals surface area contributed by atoms with Crippen molar-refractivity contribution in [3.8, 4) is 11.4 Å². The Labute approximate surface area is 432 Å². The van der Waals surface area contributed by atoms with E-state index >= 15 is 0 Å². The minimum Gasteiger partial charge on any atom is -0.347 e. The molecule has 5 aliphatic rings. The number of nitrogens with one attached hydrogen (secondary N) is 6. The molecule has 0 radical (unpaired) electrons. The summed E-state index contributed by atoms with van der Waals surface area (Å²) in [6.45, 7) is 4.84. The zero-order chi connectivity index (χ0) is 49.1. The van der Waals surface area contributed by atoms with Gasteiger partial charge in [0.2, 0.25) is 35.4 Å². The second-order valence-corrected chi connectivity index (χ2v) is 19.5. The van der Waals surface area contributed by atoms with Crippen LogP contribution in [-0.4, -0.2) is 139 Å². The largest absolute Gasteiger partial charge is 0.347 e. The van der Waals surface area contributed by atoms with Gasteiger partial charge in [-0.05, 0) is 114 Å². The van der Waals surface area contributed by atoms with Gasteiger partial charge in [-0.25, -0.2) is 9.36 Å². The van der Waals surface area contributed by atoms with Crippen LogP contribution in [0.3, 0.4) is 0 Å². The van der Waals surface area contributed by atoms with E-state index in [2.05, 4.69) is 76.8 Å². The number of carbonyl (C=O) groups excluding carboxylic acids is 6. The quantitative estimate of drug-likeness (QED) is 0.0946. The summed E-state index contributed by atoms with van der Waals surface area (Å²) >= 11 is 0. The SMILES string of the molecule is CN[C@@H](C)C(=O)N[C@@H](Cc1nnn2c1-c1c(C[C@H](NC(=O)[C@H](C)NC)C(=O)N3CCC[C@H]3C(=O)N[C@@H]3CCCc4ccccc43)nnn1CC2)C(=O)N1CCC[C@H]1C(=O)NC1CCCc2ccccc21.Cl.Cl. The predicted molar refractivity (Wildman–Crippen MR) is 272 cm³/mol. The average molecular weight is 1030 g/mol. The smallest absolute Gasteiger partial charge is 0.246 e. The zero-order valence-corrected chi connectivity index (χ0v) is 43.0. The Kier molecular flexibility index (Phi) is 17.7. The van der Waals surface area contributed by atoms with Crippen LogP contribution in [0.2, 0.25) is 0 Å². The highest BCUT2D eigenvalue weighted by Gasteiger charge is 2.43. The molecular formula is C50H68Cl2N14O6. The first-order valence-corrected chi connectivity index (χ1v) is 25.1. The lowest BCUT2D eigenvalue weighted by Crippen LogP contribution is -2.56. The Bertz CT molecular complexity index is 2450. The van der Waals surface area contributed by atoms with Crippen molar-refractivity contribution in [2.45, 2.75) is 152 Å². The van der Waals surface area contributed by atoms with Gasteiger partial charge < -0.3 is 41.7 Å². The summed E-state index contributed by atoms with van der Waals surface area (Å²) in [5.74, 6) is -2.08. The number of halogens is 2. The van der Waals surface area contributed by atoms with Crippen LogP contribution in [0.1, 0.15) is 111 Å². The number of likely N-dealkylation sites (tertiary alicyclic amines) is 2. The molecule has 20 nitrogen and oxygen atoms in total. The van der Waals surface area contributed by atoms with Crippen LogP contribution in [0.25, 0.3) is 11.4 Å². The summed E-state index contributed by atoms with van der Waals surface area (Å²) in [4.78, 5) is 88.2. The van der Waals surface area contributed by atoms with Crippen molar-refractivity contribution in [3.63, 3.8) is 0 Å². The van der Waals surface area contributed by atoms with Gasteiger partial charge in [0, 0.05) is 25.9 Å². The summed E-state index contributed by atoms with van der Waals surface area (Å²) < 4.78 is 3.40. The molecule has 4 aromatic rings. The topological polar surface area (TPSA) is 242 Å². The third-order valence-electron chi connectivity index (χ3n) is 15.1. The van der Waals surface area contributed by atoms with E-state index < -0.39 is 59.9 Å². The number of aromatic nitrogens is 6. The number of nitrogens with zero attached hydrogens (tertiary/aromatic N) is 8. The van der Waals surface area contributed by atoms with Crippen LogP contribution >= 0.6 is 24.8 Å². The van der Waals surface area contributed by atoms with Crippen LogP contribution in [0.15, 0.2) is 48.5 Å². The summed E-state index contributed by atoms with van der Waals surface area (Å²) in [6.07, 6.45) is 7.47. The molecule has 2 aromatic carbocycles. The monoisotopic (exact) mass is 1030 g/mol. The Morgan fingerprint density at radius 1 is 0.569 bits per heavy atom. The minimum absolute atomic E-state index is 0. The van der Waals surface area contributed by atoms with Crippen molar-refractivity contribution in [1.29, 1.82) is 0 Å². The first-order chi connectivity index (χ1) is 33.9. The first kappa shape index (κ1) is 53.8. The number of aryl methyl sites for hydroxylation is 4. The molecule has 0 bridgehead atoms. The fourth-order valence-electron chi connectivity index (χ4n) is 11.0. The fraction of sp³-hybridized carbons (Fsp3) is 0.560. The van der Waals surface area contributed by atoms with Crippen LogP contribution in [-0.2, 0) is 67.5 Å². The van der Waals surface area contributed by atoms with Gasteiger partial charge in [0.25, 0.3) is 0 Å². The van der Waals surface area contributed by atoms with Crippen LogP contribution < -0.4 is 31.9 Å². The number of amides is 6. The van der Waals surface area contributed by atoms with Gasteiger partial charge in [-0.15, -0.1) is 35.0 Å². The van der Waals surface area contributed by atoms with Crippen molar-refractivity contribution >= 4 is 60.3 Å². The summed E-state index contributed by atoms with van der Waals surface area (Å²) in [6, 6.07) is 11.0. The highest BCUT2D eigenvalue weighted by Crippen LogP contribution is 2.34. The molecule has 6 amide bonds. The Morgan fingerprint density at radius 2 is 0.972 bits per heavy atom. The van der Waals surface area contributed by atoms with Crippen LogP contribution in [0.5, 0.6) is 0 Å². The van der Waals surface area contributed by atoms with E-state index in [1.165, 1.54) is 11.1 Å². The van der Waals surface area contributed by atoms with Gasteiger partial charge in [-0.2, -0.15) is 0 Å². The van der Waals surface area contributed by atoms with Crippen molar-refractivity contribution in [2.24, 2.45) is 0 Å². The van der Waals surface area contributed by atoms with E-state index in [4.69, 9.17) is 0 Å². The molecule has 72 heavy (non-hydrogen) atoms. The van der Waals surface area contributed by atoms with Gasteiger partial charge in [0.1, 0.15) is 35.6 Å². The normalized spacial score (nSPS) is 21.4. The van der Waals surface area contributed by atoms with Gasteiger partial charge in [-0.1, -0.05) is 59.0 Å². The van der Waals surface area contributed by atoms with E-state index in [9.17, 15) is 28.8 Å². The van der Waals surface area contributed by atoms with Gasteiger partial charge in [0.15, 0.2) is 0 Å². The molecule has 2 aromatic heterocycles. The van der Waals surface area contributed by atoms with Crippen LogP contribution in [0, 0.1) is 0 Å². The molecule has 2 fully saturated rings. The predicted octanol–water partition coefficient (Wildman–Crippen LogP) is 2.03. The summed E-state index contributed by atoms with van der Waals surface area (Å²) in [7, 11) is 3.32. The second kappa shape index (κ2) is 23.7. The number of hydrogen-bond acceptors (Lipinski definition) is 12. The third kappa shape index (κ3) is 11.2. The second-order valence-electron chi connectivity index (χ2n) is 19.5. The summed E-state index contributed by atoms with van der Waals surface area (Å²) in [5.41, 5.74) is 6.43. The maximum Gasteiger partial charge on any atom is 0.246 e. The Balaban J connectivity index is 0.00000380. The highest BCUT2D eigenvalue weighted by molar-refractivity contribution is 5.95. The lowest BCUT2D eigenvalue weighted by atomic mass is 9.87. The van der Waals surface area contributed by atoms with E-state index in [0.717, 1.165) is 49.7 Å². The number of benzene rings is 2. The van der Waals surface area contributed by atoms with E-state index in [0.29, 0.717) is 74.6 Å². The average Bonchev–Trinajstić information content (AvgIpc) is 4.22. The number of rotatable bonds is 16. The third-order valence-corrected chi connectivity index (χ3v) is 15.1. The molecular weight excluding hydrogens is 964 g/mol. The van der Waals surface area contributed by atoms with Crippen molar-refractivity contribution in [3.05, 3.63) is 82.2 Å². The van der Waals surface area contributed by atoms with E-state index in [-0.39, 0.29) is 61.6 Å². The van der Waals surface area contributed by atoms with E-state index in [1.807, 2.05) is 24.3 Å². The first-order valence-electron chi connectivity index (χ1n) is 25.1. The number of fused-ring (bicyclic) bond motifs is 5. The molecule has 2 aliphatic carbocycles. The molecule has 9 rings (SSSR count). The van der Waals surface area contributed by atoms with E-state index in [1.54, 1.807) is 47.1 Å². The number of carbonyl (C=O) groups is 6. The molecule has 5 heterocycles. The van der Waals surface area contributed by atoms with Crippen molar-refractivity contribution in [1.82, 2.24) is 71.7 Å². The molecule has 3 aliphatic heterocycles. The molecule has 1 unspecified atom stereocenters. The van der Waals surface area contributed by atoms with Gasteiger partial charge in [-0.3, -0.25) is 28.8 Å². The minimum atomic E-state index is -1.12. The van der Waals surface area contributed by atoms with Gasteiger partial charge >= 0.3 is 0 Å². The van der Waals surface area contributed by atoms with Gasteiger partial charge in [0.05, 0.1) is 48.6 Å². The highest BCUT2D eigenvalue weighted by atomic mass is 35.5. The molecule has 22 heteroatoms. The van der Waals surface area contributed by atoms with Crippen molar-refractivity contribution in [2.75, 3.05) is 27.2 Å². The Morgan fingerprint density at radius 3 is 1.38 bits per heavy atom.